The topological polar surface area (TPSA) is 41.1 Å². The lowest BCUT2D eigenvalue weighted by Crippen LogP contribution is -2.45. The maximum absolute atomic E-state index is 11.8. The molecule has 2 rings (SSSR count). The average Bonchev–Trinajstić information content (AvgIpc) is 2.45. The Morgan fingerprint density at radius 2 is 2.20 bits per heavy atom. The van der Waals surface area contributed by atoms with Crippen molar-refractivity contribution >= 4 is 23.6 Å². The second-order valence-corrected chi connectivity index (χ2v) is 6.13. The molecule has 20 heavy (non-hydrogen) atoms. The van der Waals surface area contributed by atoms with Gasteiger partial charge in [-0.2, -0.15) is 0 Å². The molecule has 0 aromatic heterocycles. The third-order valence-corrected chi connectivity index (χ3v) is 3.92. The van der Waals surface area contributed by atoms with Crippen molar-refractivity contribution in [2.75, 3.05) is 19.6 Å². The zero-order valence-electron chi connectivity index (χ0n) is 11.8. The lowest BCUT2D eigenvalue weighted by molar-refractivity contribution is -0.116. The number of benzene rings is 1. The molecule has 2 N–H and O–H groups in total. The third kappa shape index (κ3) is 4.66. The van der Waals surface area contributed by atoms with Crippen LogP contribution in [0.5, 0.6) is 0 Å². The fourth-order valence-corrected chi connectivity index (χ4v) is 2.50. The molecule has 1 aliphatic heterocycles. The standard InChI is InChI=1S/C16H21ClN2O/c1-16(9-2-10-18-11-16)12-19-15(20)8-5-13-3-6-14(17)7-4-13/h3-8,18H,2,9-12H2,1H3,(H,19,20)/b8-5+. The second-order valence-electron chi connectivity index (χ2n) is 5.69. The van der Waals surface area contributed by atoms with Gasteiger partial charge in [0.2, 0.25) is 5.91 Å². The Labute approximate surface area is 125 Å². The summed E-state index contributed by atoms with van der Waals surface area (Å²) < 4.78 is 0. The van der Waals surface area contributed by atoms with Crippen LogP contribution >= 0.6 is 11.6 Å². The van der Waals surface area contributed by atoms with Gasteiger partial charge in [0.05, 0.1) is 0 Å². The second kappa shape index (κ2) is 6.91. The molecule has 1 aromatic carbocycles. The van der Waals surface area contributed by atoms with Crippen LogP contribution in [0, 0.1) is 5.41 Å². The number of rotatable bonds is 4. The number of nitrogens with one attached hydrogen (secondary N) is 2. The van der Waals surface area contributed by atoms with Crippen molar-refractivity contribution in [1.82, 2.24) is 10.6 Å². The molecule has 1 aromatic rings. The quantitative estimate of drug-likeness (QED) is 0.838. The Balaban J connectivity index is 1.81. The van der Waals surface area contributed by atoms with Crippen LogP contribution < -0.4 is 10.6 Å². The van der Waals surface area contributed by atoms with Gasteiger partial charge in [-0.05, 0) is 48.6 Å². The van der Waals surface area contributed by atoms with Gasteiger partial charge in [-0.25, -0.2) is 0 Å². The first kappa shape index (κ1) is 15.1. The Morgan fingerprint density at radius 1 is 1.45 bits per heavy atom. The molecule has 0 radical (unpaired) electrons. The SMILES string of the molecule is CC1(CNC(=O)/C=C/c2ccc(Cl)cc2)CCCNC1. The van der Waals surface area contributed by atoms with Crippen LogP contribution in [0.3, 0.4) is 0 Å². The summed E-state index contributed by atoms with van der Waals surface area (Å²) in [6.45, 7) is 4.97. The van der Waals surface area contributed by atoms with E-state index in [2.05, 4.69) is 17.6 Å². The van der Waals surface area contributed by atoms with E-state index >= 15 is 0 Å². The lowest BCUT2D eigenvalue weighted by Gasteiger charge is -2.34. The fraction of sp³-hybridized carbons (Fsp3) is 0.438. The minimum atomic E-state index is -0.0493. The van der Waals surface area contributed by atoms with Crippen molar-refractivity contribution in [3.8, 4) is 0 Å². The summed E-state index contributed by atoms with van der Waals surface area (Å²) in [5.41, 5.74) is 1.14. The molecule has 1 aliphatic rings. The molecule has 1 saturated heterocycles. The number of piperidine rings is 1. The van der Waals surface area contributed by atoms with Crippen LogP contribution in [-0.4, -0.2) is 25.5 Å². The van der Waals surface area contributed by atoms with Crippen LogP contribution in [0.25, 0.3) is 6.08 Å². The fourth-order valence-electron chi connectivity index (χ4n) is 2.37. The van der Waals surface area contributed by atoms with E-state index in [0.717, 1.165) is 25.1 Å². The van der Waals surface area contributed by atoms with E-state index < -0.39 is 0 Å². The van der Waals surface area contributed by atoms with E-state index in [0.29, 0.717) is 11.6 Å². The van der Waals surface area contributed by atoms with E-state index in [-0.39, 0.29) is 11.3 Å². The average molecular weight is 293 g/mol. The van der Waals surface area contributed by atoms with Gasteiger partial charge < -0.3 is 10.6 Å². The van der Waals surface area contributed by atoms with Crippen LogP contribution in [0.1, 0.15) is 25.3 Å². The number of carbonyl (C=O) groups is 1. The molecule has 1 unspecified atom stereocenters. The highest BCUT2D eigenvalue weighted by molar-refractivity contribution is 6.30. The van der Waals surface area contributed by atoms with Crippen molar-refractivity contribution in [2.45, 2.75) is 19.8 Å². The van der Waals surface area contributed by atoms with E-state index in [1.807, 2.05) is 24.3 Å². The minimum Gasteiger partial charge on any atom is -0.352 e. The highest BCUT2D eigenvalue weighted by Gasteiger charge is 2.26. The smallest absolute Gasteiger partial charge is 0.244 e. The van der Waals surface area contributed by atoms with E-state index in [9.17, 15) is 4.79 Å². The monoisotopic (exact) mass is 292 g/mol. The van der Waals surface area contributed by atoms with E-state index in [1.165, 1.54) is 6.42 Å². The molecule has 1 atom stereocenters. The number of amides is 1. The maximum atomic E-state index is 11.8. The molecule has 1 fully saturated rings. The summed E-state index contributed by atoms with van der Waals surface area (Å²) in [4.78, 5) is 11.8. The van der Waals surface area contributed by atoms with Gasteiger partial charge in [-0.15, -0.1) is 0 Å². The molecule has 1 heterocycles. The first-order chi connectivity index (χ1) is 9.57. The number of hydrogen-bond donors (Lipinski definition) is 2. The summed E-state index contributed by atoms with van der Waals surface area (Å²) in [7, 11) is 0. The van der Waals surface area contributed by atoms with Crippen molar-refractivity contribution in [3.05, 3.63) is 40.9 Å². The van der Waals surface area contributed by atoms with Gasteiger partial charge in [0.1, 0.15) is 0 Å². The van der Waals surface area contributed by atoms with Crippen molar-refractivity contribution < 1.29 is 4.79 Å². The molecule has 1 amide bonds. The summed E-state index contributed by atoms with van der Waals surface area (Å²) in [5.74, 6) is -0.0493. The number of hydrogen-bond acceptors (Lipinski definition) is 2. The molecule has 0 spiro atoms. The summed E-state index contributed by atoms with van der Waals surface area (Å²) in [5, 5.41) is 7.06. The van der Waals surface area contributed by atoms with Crippen LogP contribution in [-0.2, 0) is 4.79 Å². The molecule has 3 nitrogen and oxygen atoms in total. The Bertz CT molecular complexity index is 476. The van der Waals surface area contributed by atoms with Gasteiger partial charge >= 0.3 is 0 Å². The van der Waals surface area contributed by atoms with E-state index in [4.69, 9.17) is 11.6 Å². The van der Waals surface area contributed by atoms with Crippen LogP contribution in [0.4, 0.5) is 0 Å². The summed E-state index contributed by atoms with van der Waals surface area (Å²) >= 11 is 5.82. The molecular weight excluding hydrogens is 272 g/mol. The largest absolute Gasteiger partial charge is 0.352 e. The van der Waals surface area contributed by atoms with Crippen molar-refractivity contribution in [2.24, 2.45) is 5.41 Å². The van der Waals surface area contributed by atoms with E-state index in [1.54, 1.807) is 12.2 Å². The predicted molar refractivity (Wildman–Crippen MR) is 83.7 cm³/mol. The zero-order chi connectivity index (χ0) is 14.4. The Morgan fingerprint density at radius 3 is 2.85 bits per heavy atom. The van der Waals surface area contributed by atoms with Crippen molar-refractivity contribution in [1.29, 1.82) is 0 Å². The molecular formula is C16H21ClN2O. The summed E-state index contributed by atoms with van der Waals surface area (Å²) in [6.07, 6.45) is 5.70. The molecule has 0 saturated carbocycles. The number of halogens is 1. The first-order valence-corrected chi connectivity index (χ1v) is 7.37. The number of carbonyl (C=O) groups excluding carboxylic acids is 1. The molecule has 4 heteroatoms. The van der Waals surface area contributed by atoms with Gasteiger partial charge in [0.25, 0.3) is 0 Å². The Hall–Kier alpha value is -1.32. The zero-order valence-corrected chi connectivity index (χ0v) is 12.5. The lowest BCUT2D eigenvalue weighted by atomic mass is 9.83. The highest BCUT2D eigenvalue weighted by atomic mass is 35.5. The Kier molecular flexibility index (Phi) is 5.21. The highest BCUT2D eigenvalue weighted by Crippen LogP contribution is 2.24. The molecule has 108 valence electrons. The van der Waals surface area contributed by atoms with Gasteiger partial charge in [0.15, 0.2) is 0 Å². The first-order valence-electron chi connectivity index (χ1n) is 7.00. The summed E-state index contributed by atoms with van der Waals surface area (Å²) in [6, 6.07) is 7.40. The maximum Gasteiger partial charge on any atom is 0.244 e. The predicted octanol–water partition coefficient (Wildman–Crippen LogP) is 2.86. The van der Waals surface area contributed by atoms with Gasteiger partial charge in [-0.1, -0.05) is 30.7 Å². The normalized spacial score (nSPS) is 22.9. The minimum absolute atomic E-state index is 0.0493. The van der Waals surface area contributed by atoms with Crippen LogP contribution in [0.15, 0.2) is 30.3 Å². The van der Waals surface area contributed by atoms with Crippen molar-refractivity contribution in [3.63, 3.8) is 0 Å². The third-order valence-electron chi connectivity index (χ3n) is 3.67. The molecule has 0 bridgehead atoms. The van der Waals surface area contributed by atoms with Gasteiger partial charge in [-0.3, -0.25) is 4.79 Å². The molecule has 0 aliphatic carbocycles. The van der Waals surface area contributed by atoms with Crippen LogP contribution in [0.2, 0.25) is 5.02 Å². The van der Waals surface area contributed by atoms with Gasteiger partial charge in [0, 0.05) is 24.2 Å².